The summed E-state index contributed by atoms with van der Waals surface area (Å²) in [6.07, 6.45) is 2.06. The molecule has 1 saturated heterocycles. The largest absolute Gasteiger partial charge is 0.352 e. The third-order valence-corrected chi connectivity index (χ3v) is 5.13. The van der Waals surface area contributed by atoms with E-state index in [0.717, 1.165) is 37.1 Å². The van der Waals surface area contributed by atoms with E-state index in [-0.39, 0.29) is 17.9 Å². The summed E-state index contributed by atoms with van der Waals surface area (Å²) in [5.74, 6) is -0.133. The molecule has 1 aliphatic heterocycles. The monoisotopic (exact) mass is 336 g/mol. The van der Waals surface area contributed by atoms with Gasteiger partial charge in [-0.05, 0) is 37.8 Å². The van der Waals surface area contributed by atoms with Crippen LogP contribution in [0.2, 0.25) is 0 Å². The molecule has 0 aliphatic carbocycles. The van der Waals surface area contributed by atoms with Crippen LogP contribution >= 0.6 is 0 Å². The maximum Gasteiger partial charge on any atom is 0.232 e. The van der Waals surface area contributed by atoms with E-state index < -0.39 is 0 Å². The molecule has 0 bridgehead atoms. The number of nitrogens with zero attached hydrogens (tertiary/aromatic N) is 1. The molecule has 0 unspecified atom stereocenters. The third kappa shape index (κ3) is 4.49. The Morgan fingerprint density at radius 3 is 1.84 bits per heavy atom. The van der Waals surface area contributed by atoms with Crippen LogP contribution in [0.1, 0.15) is 43.7 Å². The fourth-order valence-electron chi connectivity index (χ4n) is 3.63. The smallest absolute Gasteiger partial charge is 0.232 e. The van der Waals surface area contributed by atoms with E-state index in [9.17, 15) is 4.79 Å². The van der Waals surface area contributed by atoms with Crippen molar-refractivity contribution in [3.8, 4) is 0 Å². The minimum atomic E-state index is -0.245. The van der Waals surface area contributed by atoms with Gasteiger partial charge in [0, 0.05) is 25.2 Å². The molecule has 3 rings (SSSR count). The first kappa shape index (κ1) is 17.7. The minimum Gasteiger partial charge on any atom is -0.352 e. The average molecular weight is 336 g/mol. The number of hydrogen-bond donors (Lipinski definition) is 1. The lowest BCUT2D eigenvalue weighted by atomic mass is 9.90. The number of benzene rings is 2. The topological polar surface area (TPSA) is 32.3 Å². The number of nitrogens with one attached hydrogen (secondary N) is 1. The summed E-state index contributed by atoms with van der Waals surface area (Å²) in [7, 11) is 0. The molecule has 132 valence electrons. The van der Waals surface area contributed by atoms with Gasteiger partial charge in [-0.25, -0.2) is 0 Å². The molecule has 1 heterocycles. The highest BCUT2D eigenvalue weighted by Gasteiger charge is 2.27. The first-order valence-electron chi connectivity index (χ1n) is 9.29. The summed E-state index contributed by atoms with van der Waals surface area (Å²) < 4.78 is 0. The van der Waals surface area contributed by atoms with E-state index in [1.54, 1.807) is 0 Å². The number of piperidine rings is 1. The lowest BCUT2D eigenvalue weighted by Crippen LogP contribution is -2.47. The molecular formula is C22H28N2O. The van der Waals surface area contributed by atoms with Crippen LogP contribution in [0.5, 0.6) is 0 Å². The van der Waals surface area contributed by atoms with Crippen molar-refractivity contribution in [2.24, 2.45) is 0 Å². The summed E-state index contributed by atoms with van der Waals surface area (Å²) >= 11 is 0. The molecule has 3 heteroatoms. The molecule has 0 radical (unpaired) electrons. The fourth-order valence-corrected chi connectivity index (χ4v) is 3.63. The zero-order valence-electron chi connectivity index (χ0n) is 15.2. The molecule has 0 aromatic heterocycles. The number of amides is 1. The quantitative estimate of drug-likeness (QED) is 0.900. The average Bonchev–Trinajstić information content (AvgIpc) is 2.64. The van der Waals surface area contributed by atoms with Crippen LogP contribution in [-0.2, 0) is 4.79 Å². The van der Waals surface area contributed by atoms with Crippen molar-refractivity contribution >= 4 is 5.91 Å². The number of likely N-dealkylation sites (tertiary alicyclic amines) is 1. The highest BCUT2D eigenvalue weighted by atomic mass is 16.1. The molecule has 2 aromatic carbocycles. The molecule has 1 aliphatic rings. The second-order valence-corrected chi connectivity index (χ2v) is 7.17. The van der Waals surface area contributed by atoms with Crippen molar-refractivity contribution in [2.45, 2.75) is 44.7 Å². The summed E-state index contributed by atoms with van der Waals surface area (Å²) in [6.45, 7) is 6.59. The van der Waals surface area contributed by atoms with Gasteiger partial charge in [0.05, 0.1) is 5.92 Å². The Balaban J connectivity index is 1.73. The minimum absolute atomic E-state index is 0.111. The third-order valence-electron chi connectivity index (χ3n) is 5.13. The Labute approximate surface area is 151 Å². The van der Waals surface area contributed by atoms with Crippen LogP contribution in [0.4, 0.5) is 0 Å². The molecule has 25 heavy (non-hydrogen) atoms. The number of carbonyl (C=O) groups excluding carboxylic acids is 1. The molecule has 0 spiro atoms. The normalized spacial score (nSPS) is 16.3. The Kier molecular flexibility index (Phi) is 5.87. The van der Waals surface area contributed by atoms with Crippen LogP contribution in [0.25, 0.3) is 0 Å². The standard InChI is InChI=1S/C22H28N2O/c1-17(2)24-15-13-20(14-16-24)23-22(25)21(18-9-5-3-6-10-18)19-11-7-4-8-12-19/h3-12,17,20-21H,13-16H2,1-2H3,(H,23,25). The highest BCUT2D eigenvalue weighted by molar-refractivity contribution is 5.87. The van der Waals surface area contributed by atoms with Gasteiger partial charge in [-0.1, -0.05) is 60.7 Å². The van der Waals surface area contributed by atoms with Gasteiger partial charge in [0.1, 0.15) is 0 Å². The number of carbonyl (C=O) groups is 1. The lowest BCUT2D eigenvalue weighted by molar-refractivity contribution is -0.122. The Morgan fingerprint density at radius 2 is 1.40 bits per heavy atom. The Hall–Kier alpha value is -2.13. The molecular weight excluding hydrogens is 308 g/mol. The van der Waals surface area contributed by atoms with Crippen LogP contribution in [0, 0.1) is 0 Å². The lowest BCUT2D eigenvalue weighted by Gasteiger charge is -2.35. The Morgan fingerprint density at radius 1 is 0.920 bits per heavy atom. The predicted molar refractivity (Wildman–Crippen MR) is 103 cm³/mol. The van der Waals surface area contributed by atoms with Gasteiger partial charge in [-0.2, -0.15) is 0 Å². The number of rotatable bonds is 5. The highest BCUT2D eigenvalue weighted by Crippen LogP contribution is 2.25. The second-order valence-electron chi connectivity index (χ2n) is 7.17. The maximum atomic E-state index is 13.1. The SMILES string of the molecule is CC(C)N1CCC(NC(=O)C(c2ccccc2)c2ccccc2)CC1. The molecule has 0 atom stereocenters. The van der Waals surface area contributed by atoms with Crippen LogP contribution < -0.4 is 5.32 Å². The second kappa shape index (κ2) is 8.30. The van der Waals surface area contributed by atoms with Gasteiger partial charge in [0.2, 0.25) is 5.91 Å². The van der Waals surface area contributed by atoms with Crippen molar-refractivity contribution in [1.82, 2.24) is 10.2 Å². The van der Waals surface area contributed by atoms with Crippen LogP contribution in [0.3, 0.4) is 0 Å². The summed E-state index contributed by atoms with van der Waals surface area (Å²) in [6, 6.07) is 21.0. The zero-order valence-corrected chi connectivity index (χ0v) is 15.2. The first-order chi connectivity index (χ1) is 12.1. The summed E-state index contributed by atoms with van der Waals surface area (Å²) in [5, 5.41) is 3.31. The zero-order chi connectivity index (χ0) is 17.6. The maximum absolute atomic E-state index is 13.1. The van der Waals surface area contributed by atoms with E-state index in [1.807, 2.05) is 60.7 Å². The summed E-state index contributed by atoms with van der Waals surface area (Å²) in [5.41, 5.74) is 2.09. The van der Waals surface area contributed by atoms with Crippen molar-refractivity contribution in [1.29, 1.82) is 0 Å². The Bertz CT molecular complexity index is 621. The fraction of sp³-hybridized carbons (Fsp3) is 0.409. The predicted octanol–water partition coefficient (Wildman–Crippen LogP) is 3.81. The molecule has 0 saturated carbocycles. The van der Waals surface area contributed by atoms with E-state index in [4.69, 9.17) is 0 Å². The van der Waals surface area contributed by atoms with Crippen LogP contribution in [-0.4, -0.2) is 36.0 Å². The van der Waals surface area contributed by atoms with Gasteiger partial charge in [-0.3, -0.25) is 4.79 Å². The van der Waals surface area contributed by atoms with Gasteiger partial charge in [0.25, 0.3) is 0 Å². The molecule has 1 N–H and O–H groups in total. The van der Waals surface area contributed by atoms with E-state index >= 15 is 0 Å². The van der Waals surface area contributed by atoms with Gasteiger partial charge in [0.15, 0.2) is 0 Å². The first-order valence-corrected chi connectivity index (χ1v) is 9.29. The molecule has 1 fully saturated rings. The van der Waals surface area contributed by atoms with E-state index in [2.05, 4.69) is 24.1 Å². The van der Waals surface area contributed by atoms with Crippen molar-refractivity contribution in [3.63, 3.8) is 0 Å². The van der Waals surface area contributed by atoms with Crippen molar-refractivity contribution < 1.29 is 4.79 Å². The van der Waals surface area contributed by atoms with Gasteiger partial charge >= 0.3 is 0 Å². The number of hydrogen-bond acceptors (Lipinski definition) is 2. The van der Waals surface area contributed by atoms with E-state index in [1.165, 1.54) is 0 Å². The van der Waals surface area contributed by atoms with Crippen LogP contribution in [0.15, 0.2) is 60.7 Å². The van der Waals surface area contributed by atoms with Crippen molar-refractivity contribution in [3.05, 3.63) is 71.8 Å². The van der Waals surface area contributed by atoms with Crippen molar-refractivity contribution in [2.75, 3.05) is 13.1 Å². The molecule has 1 amide bonds. The van der Waals surface area contributed by atoms with Gasteiger partial charge < -0.3 is 10.2 Å². The van der Waals surface area contributed by atoms with E-state index in [0.29, 0.717) is 6.04 Å². The molecule has 3 nitrogen and oxygen atoms in total. The van der Waals surface area contributed by atoms with Gasteiger partial charge in [-0.15, -0.1) is 0 Å². The summed E-state index contributed by atoms with van der Waals surface area (Å²) in [4.78, 5) is 15.6. The molecule has 2 aromatic rings.